The van der Waals surface area contributed by atoms with Crippen LogP contribution in [0.4, 0.5) is 27.5 Å². The molecule has 3 aliphatic carbocycles. The standard InChI is InChI=1S/C44H51N5O11S/c1-20(2)32-36(52)31(39(45)55)37(53)44(58)38(54)33-35(51)30-26(21(3)42(33,4)40(56)43(32,44)5)17-18-28(34(30)50)47-41(57)46-23-11-13-24(14-12-23)48-61(59,60)25-15-16-27-22(19-25)9-8-10-29(27)49(6)7/h8-21,31-33,36,38,40,48,50,52,54,56,58H,1-7H3,(H2,45,55)(H2,46,47,57)/t21-,31-,32+,33-,36?,38?,40-,42+,43+,44+/m1/s1. The minimum Gasteiger partial charge on any atom is -0.505 e. The zero-order chi connectivity index (χ0) is 44.9. The van der Waals surface area contributed by atoms with Crippen molar-refractivity contribution >= 4 is 67.1 Å². The van der Waals surface area contributed by atoms with Gasteiger partial charge in [0.05, 0.1) is 34.3 Å². The zero-order valence-corrected chi connectivity index (χ0v) is 35.5. The van der Waals surface area contributed by atoms with Crippen LogP contribution in [0, 0.1) is 34.5 Å². The number of hydrogen-bond acceptors (Lipinski definition) is 12. The summed E-state index contributed by atoms with van der Waals surface area (Å²) in [5.74, 6) is -10.4. The van der Waals surface area contributed by atoms with Crippen molar-refractivity contribution in [2.24, 2.45) is 40.2 Å². The summed E-state index contributed by atoms with van der Waals surface area (Å²) in [6, 6.07) is 18.3. The number of nitrogens with zero attached hydrogens (tertiary/aromatic N) is 1. The Morgan fingerprint density at radius 2 is 1.54 bits per heavy atom. The van der Waals surface area contributed by atoms with Gasteiger partial charge in [0.2, 0.25) is 5.91 Å². The molecule has 4 aromatic carbocycles. The average Bonchev–Trinajstić information content (AvgIpc) is 3.18. The van der Waals surface area contributed by atoms with Crippen LogP contribution in [0.15, 0.2) is 77.7 Å². The van der Waals surface area contributed by atoms with Crippen LogP contribution in [-0.2, 0) is 19.6 Å². The van der Waals surface area contributed by atoms with Gasteiger partial charge >= 0.3 is 6.03 Å². The summed E-state index contributed by atoms with van der Waals surface area (Å²) in [6.45, 7) is 7.89. The minimum atomic E-state index is -3.99. The minimum absolute atomic E-state index is 0.0576. The van der Waals surface area contributed by atoms with E-state index in [1.807, 2.05) is 37.2 Å². The molecule has 0 heterocycles. The smallest absolute Gasteiger partial charge is 0.323 e. The third-order valence-corrected chi connectivity index (χ3v) is 15.3. The molecule has 0 spiro atoms. The average molecular weight is 858 g/mol. The molecular formula is C44H51N5O11S. The van der Waals surface area contributed by atoms with Gasteiger partial charge in [-0.05, 0) is 77.2 Å². The second-order valence-electron chi connectivity index (χ2n) is 17.6. The molecule has 10 atom stereocenters. The molecular weight excluding hydrogens is 807 g/mol. The predicted molar refractivity (Wildman–Crippen MR) is 228 cm³/mol. The number of rotatable bonds is 8. The number of sulfonamides is 1. The van der Waals surface area contributed by atoms with Crippen molar-refractivity contribution in [3.63, 3.8) is 0 Å². The van der Waals surface area contributed by atoms with Crippen molar-refractivity contribution < 1.29 is 53.1 Å². The molecule has 17 heteroatoms. The molecule has 2 fully saturated rings. The third kappa shape index (κ3) is 6.27. The molecule has 4 aromatic rings. The Kier molecular flexibility index (Phi) is 10.6. The van der Waals surface area contributed by atoms with Gasteiger partial charge in [-0.2, -0.15) is 0 Å². The SMILES string of the molecule is CC(C)[C@H]1C(O)[C@@H](C(N)=O)C(=O)[C@]2(O)C(O)[C@H]3C(=O)c4c(ccc(NC(=O)Nc5ccc(NS(=O)(=O)c6ccc7c(N(C)C)cccc7c6)cc5)c4O)[C@@H](C)[C@]3(C)[C@@H](O)[C@]12C. The maximum Gasteiger partial charge on any atom is 0.323 e. The number of anilines is 4. The number of hydrogen-bond donors (Lipinski definition) is 9. The summed E-state index contributed by atoms with van der Waals surface area (Å²) in [5, 5.41) is 66.6. The van der Waals surface area contributed by atoms with Gasteiger partial charge in [-0.15, -0.1) is 0 Å². The van der Waals surface area contributed by atoms with Crippen molar-refractivity contribution in [1.82, 2.24) is 0 Å². The van der Waals surface area contributed by atoms with E-state index < -0.39 is 104 Å². The quantitative estimate of drug-likeness (QED) is 0.0906. The van der Waals surface area contributed by atoms with Crippen molar-refractivity contribution in [2.75, 3.05) is 34.4 Å². The fourth-order valence-electron chi connectivity index (χ4n) is 10.8. The Morgan fingerprint density at radius 3 is 2.15 bits per heavy atom. The van der Waals surface area contributed by atoms with Crippen molar-refractivity contribution in [1.29, 1.82) is 0 Å². The summed E-state index contributed by atoms with van der Waals surface area (Å²) < 4.78 is 29.1. The second kappa shape index (κ2) is 14.8. The van der Waals surface area contributed by atoms with Gasteiger partial charge in [0.15, 0.2) is 17.2 Å². The highest BCUT2D eigenvalue weighted by molar-refractivity contribution is 7.92. The Bertz CT molecular complexity index is 2600. The van der Waals surface area contributed by atoms with Gasteiger partial charge in [-0.3, -0.25) is 19.1 Å². The monoisotopic (exact) mass is 857 g/mol. The number of nitrogens with two attached hydrogens (primary N) is 1. The number of nitrogens with one attached hydrogen (secondary N) is 3. The molecule has 2 saturated carbocycles. The van der Waals surface area contributed by atoms with Crippen LogP contribution in [0.3, 0.4) is 0 Å². The summed E-state index contributed by atoms with van der Waals surface area (Å²) in [7, 11) is -0.188. The Labute approximate surface area is 352 Å². The maximum atomic E-state index is 14.6. The number of carbonyl (C=O) groups excluding carboxylic acids is 4. The van der Waals surface area contributed by atoms with Crippen molar-refractivity contribution in [3.8, 4) is 5.75 Å². The van der Waals surface area contributed by atoms with Crippen LogP contribution in [0.1, 0.15) is 56.5 Å². The number of Topliss-reactive ketones (excluding diaryl/α,β-unsaturated/α-hetero) is 2. The van der Waals surface area contributed by atoms with E-state index in [2.05, 4.69) is 15.4 Å². The molecule has 0 bridgehead atoms. The molecule has 61 heavy (non-hydrogen) atoms. The molecule has 3 amide bonds. The third-order valence-electron chi connectivity index (χ3n) is 13.9. The molecule has 0 aromatic heterocycles. The van der Waals surface area contributed by atoms with E-state index in [4.69, 9.17) is 5.73 Å². The highest BCUT2D eigenvalue weighted by Gasteiger charge is 2.80. The van der Waals surface area contributed by atoms with Crippen molar-refractivity contribution in [3.05, 3.63) is 83.9 Å². The lowest BCUT2D eigenvalue weighted by atomic mass is 9.36. The highest BCUT2D eigenvalue weighted by Crippen LogP contribution is 2.68. The largest absolute Gasteiger partial charge is 0.505 e. The van der Waals surface area contributed by atoms with Crippen LogP contribution >= 0.6 is 0 Å². The summed E-state index contributed by atoms with van der Waals surface area (Å²) in [5.41, 5.74) is 0.148. The number of aromatic hydroxyl groups is 1. The molecule has 7 rings (SSSR count). The van der Waals surface area contributed by atoms with Crippen LogP contribution in [0.25, 0.3) is 10.8 Å². The van der Waals surface area contributed by atoms with Crippen LogP contribution in [0.2, 0.25) is 0 Å². The van der Waals surface area contributed by atoms with E-state index in [0.29, 0.717) is 0 Å². The maximum absolute atomic E-state index is 14.6. The van der Waals surface area contributed by atoms with Crippen LogP contribution in [-0.4, -0.2) is 95.5 Å². The number of amides is 3. The number of benzene rings is 4. The van der Waals surface area contributed by atoms with E-state index in [1.165, 1.54) is 56.3 Å². The first-order valence-corrected chi connectivity index (χ1v) is 21.3. The van der Waals surface area contributed by atoms with Crippen LogP contribution in [0.5, 0.6) is 5.75 Å². The number of aliphatic hydroxyl groups excluding tert-OH is 3. The second-order valence-corrected chi connectivity index (χ2v) is 19.3. The number of primary amides is 1. The molecule has 10 N–H and O–H groups in total. The Balaban J connectivity index is 1.12. The van der Waals surface area contributed by atoms with Gasteiger partial charge < -0.3 is 46.8 Å². The molecule has 2 unspecified atom stereocenters. The topological polar surface area (TPSA) is 269 Å². The van der Waals surface area contributed by atoms with Gasteiger partial charge in [0, 0.05) is 47.4 Å². The Morgan fingerprint density at radius 1 is 0.902 bits per heavy atom. The van der Waals surface area contributed by atoms with Gasteiger partial charge in [0.25, 0.3) is 10.0 Å². The number of phenols is 1. The molecule has 16 nitrogen and oxygen atoms in total. The number of urea groups is 1. The number of fused-ring (bicyclic) bond motifs is 4. The number of carbonyl (C=O) groups is 4. The number of ketones is 2. The fourth-order valence-corrected chi connectivity index (χ4v) is 11.9. The summed E-state index contributed by atoms with van der Waals surface area (Å²) in [6.07, 6.45) is -5.67. The molecule has 0 saturated heterocycles. The summed E-state index contributed by atoms with van der Waals surface area (Å²) >= 11 is 0. The summed E-state index contributed by atoms with van der Waals surface area (Å²) in [4.78, 5) is 56.4. The van der Waals surface area contributed by atoms with E-state index in [0.717, 1.165) is 16.5 Å². The van der Waals surface area contributed by atoms with Gasteiger partial charge in [-0.25, -0.2) is 13.2 Å². The zero-order valence-electron chi connectivity index (χ0n) is 34.7. The fraction of sp³-hybridized carbons (Fsp3) is 0.409. The predicted octanol–water partition coefficient (Wildman–Crippen LogP) is 3.77. The van der Waals surface area contributed by atoms with Gasteiger partial charge in [0.1, 0.15) is 17.8 Å². The van der Waals surface area contributed by atoms with Gasteiger partial charge in [-0.1, -0.05) is 58.9 Å². The first-order chi connectivity index (χ1) is 28.4. The first kappa shape index (κ1) is 43.5. The lowest BCUT2D eigenvalue weighted by Gasteiger charge is -2.69. The lowest BCUT2D eigenvalue weighted by Crippen LogP contribution is -2.83. The lowest BCUT2D eigenvalue weighted by molar-refractivity contribution is -0.306. The normalized spacial score (nSPS) is 30.9. The van der Waals surface area contributed by atoms with E-state index in [9.17, 15) is 53.1 Å². The molecule has 0 radical (unpaired) electrons. The molecule has 0 aliphatic heterocycles. The number of aliphatic hydroxyl groups is 4. The highest BCUT2D eigenvalue weighted by atomic mass is 32.2. The van der Waals surface area contributed by atoms with E-state index in [-0.39, 0.29) is 33.1 Å². The number of phenolic OH excluding ortho intramolecular Hbond substituents is 1. The van der Waals surface area contributed by atoms with Crippen LogP contribution < -0.4 is 26.0 Å². The molecule has 324 valence electrons. The van der Waals surface area contributed by atoms with E-state index >= 15 is 0 Å². The van der Waals surface area contributed by atoms with Crippen molar-refractivity contribution in [2.45, 2.75) is 69.3 Å². The Hall–Kier alpha value is -5.59. The molecule has 3 aliphatic rings. The first-order valence-electron chi connectivity index (χ1n) is 19.9. The van der Waals surface area contributed by atoms with E-state index in [1.54, 1.807) is 32.9 Å².